The molecule has 80 valence electrons. The van der Waals surface area contributed by atoms with Crippen molar-refractivity contribution in [3.63, 3.8) is 0 Å². The summed E-state index contributed by atoms with van der Waals surface area (Å²) >= 11 is 11.7. The molecule has 0 saturated heterocycles. The lowest BCUT2D eigenvalue weighted by Crippen LogP contribution is -1.94. The first kappa shape index (κ1) is 11.9. The minimum Gasteiger partial charge on any atom is -0.466 e. The molecule has 1 aromatic rings. The molecule has 1 rings (SSSR count). The molecule has 15 heavy (non-hydrogen) atoms. The zero-order valence-electron chi connectivity index (χ0n) is 7.96. The highest BCUT2D eigenvalue weighted by Gasteiger charge is 2.05. The van der Waals surface area contributed by atoms with E-state index in [-0.39, 0.29) is 5.02 Å². The van der Waals surface area contributed by atoms with Crippen LogP contribution in [0.2, 0.25) is 10.0 Å². The molecule has 0 radical (unpaired) electrons. The van der Waals surface area contributed by atoms with E-state index in [9.17, 15) is 4.79 Å². The van der Waals surface area contributed by atoms with Gasteiger partial charge >= 0.3 is 5.97 Å². The molecule has 0 fully saturated rings. The van der Waals surface area contributed by atoms with Crippen LogP contribution in [0, 0.1) is 0 Å². The van der Waals surface area contributed by atoms with Crippen molar-refractivity contribution in [3.8, 4) is 0 Å². The molecule has 2 N–H and O–H groups in total. The van der Waals surface area contributed by atoms with E-state index in [2.05, 4.69) is 4.74 Å². The van der Waals surface area contributed by atoms with E-state index in [1.807, 2.05) is 0 Å². The van der Waals surface area contributed by atoms with Gasteiger partial charge in [0, 0.05) is 6.08 Å². The number of ether oxygens (including phenoxy) is 1. The summed E-state index contributed by atoms with van der Waals surface area (Å²) in [7, 11) is 1.30. The maximum atomic E-state index is 10.8. The molecule has 0 aliphatic rings. The topological polar surface area (TPSA) is 52.3 Å². The Kier molecular flexibility index (Phi) is 4.00. The average Bonchev–Trinajstić information content (AvgIpc) is 2.24. The smallest absolute Gasteiger partial charge is 0.330 e. The van der Waals surface area contributed by atoms with Gasteiger partial charge in [-0.15, -0.1) is 0 Å². The lowest BCUT2D eigenvalue weighted by Gasteiger charge is -2.03. The van der Waals surface area contributed by atoms with Crippen LogP contribution in [0.5, 0.6) is 0 Å². The lowest BCUT2D eigenvalue weighted by molar-refractivity contribution is -0.134. The van der Waals surface area contributed by atoms with E-state index in [1.165, 1.54) is 19.3 Å². The molecule has 1 aromatic carbocycles. The molecule has 0 aromatic heterocycles. The van der Waals surface area contributed by atoms with E-state index in [4.69, 9.17) is 28.9 Å². The van der Waals surface area contributed by atoms with Crippen LogP contribution < -0.4 is 5.73 Å². The summed E-state index contributed by atoms with van der Waals surface area (Å²) in [6.07, 6.45) is 2.77. The largest absolute Gasteiger partial charge is 0.466 e. The van der Waals surface area contributed by atoms with Gasteiger partial charge in [0.15, 0.2) is 0 Å². The standard InChI is InChI=1S/C10H9Cl2NO2/c1-15-8(14)5-3-6-2-4-7(13)10(12)9(6)11/h2-5H,13H2,1H3/b5-3+. The van der Waals surface area contributed by atoms with Gasteiger partial charge in [0.05, 0.1) is 22.8 Å². The zero-order chi connectivity index (χ0) is 11.4. The monoisotopic (exact) mass is 245 g/mol. The predicted molar refractivity (Wildman–Crippen MR) is 61.9 cm³/mol. The second-order valence-electron chi connectivity index (χ2n) is 2.73. The SMILES string of the molecule is COC(=O)/C=C/c1ccc(N)c(Cl)c1Cl. The minimum atomic E-state index is -0.459. The van der Waals surface area contributed by atoms with Crippen molar-refractivity contribution in [2.24, 2.45) is 0 Å². The van der Waals surface area contributed by atoms with Crippen molar-refractivity contribution < 1.29 is 9.53 Å². The molecular formula is C10H9Cl2NO2. The second kappa shape index (κ2) is 5.05. The Balaban J connectivity index is 3.02. The Hall–Kier alpha value is -1.19. The van der Waals surface area contributed by atoms with Crippen LogP contribution in [0.1, 0.15) is 5.56 Å². The van der Waals surface area contributed by atoms with Crippen LogP contribution in [0.4, 0.5) is 5.69 Å². The Bertz CT molecular complexity index is 416. The first-order chi connectivity index (χ1) is 7.06. The molecule has 0 atom stereocenters. The van der Waals surface area contributed by atoms with Crippen LogP contribution >= 0.6 is 23.2 Å². The fourth-order valence-electron chi connectivity index (χ4n) is 0.934. The fraction of sp³-hybridized carbons (Fsp3) is 0.100. The molecule has 3 nitrogen and oxygen atoms in total. The van der Waals surface area contributed by atoms with Gasteiger partial charge in [-0.3, -0.25) is 0 Å². The highest BCUT2D eigenvalue weighted by atomic mass is 35.5. The number of nitrogen functional groups attached to an aromatic ring is 1. The maximum Gasteiger partial charge on any atom is 0.330 e. The summed E-state index contributed by atoms with van der Waals surface area (Å²) < 4.78 is 4.44. The highest BCUT2D eigenvalue weighted by molar-refractivity contribution is 6.44. The van der Waals surface area contributed by atoms with E-state index in [0.717, 1.165) is 0 Å². The Morgan fingerprint density at radius 2 is 2.07 bits per heavy atom. The van der Waals surface area contributed by atoms with Crippen molar-refractivity contribution in [1.29, 1.82) is 0 Å². The lowest BCUT2D eigenvalue weighted by atomic mass is 10.2. The number of methoxy groups -OCH3 is 1. The molecule has 0 aliphatic carbocycles. The van der Waals surface area contributed by atoms with E-state index >= 15 is 0 Å². The average molecular weight is 246 g/mol. The number of benzene rings is 1. The summed E-state index contributed by atoms with van der Waals surface area (Å²) in [4.78, 5) is 10.8. The summed E-state index contributed by atoms with van der Waals surface area (Å²) in [5, 5.41) is 0.598. The third-order valence-corrected chi connectivity index (χ3v) is 2.65. The summed E-state index contributed by atoms with van der Waals surface area (Å²) in [5.41, 5.74) is 6.55. The molecular weight excluding hydrogens is 237 g/mol. The van der Waals surface area contributed by atoms with Crippen LogP contribution in [0.3, 0.4) is 0 Å². The molecule has 0 saturated carbocycles. The summed E-state index contributed by atoms with van der Waals surface area (Å²) in [6, 6.07) is 3.29. The zero-order valence-corrected chi connectivity index (χ0v) is 9.47. The minimum absolute atomic E-state index is 0.281. The number of carbonyl (C=O) groups excluding carboxylic acids is 1. The molecule has 0 bridgehead atoms. The van der Waals surface area contributed by atoms with Crippen LogP contribution in [-0.2, 0) is 9.53 Å². The van der Waals surface area contributed by atoms with Gasteiger partial charge in [-0.05, 0) is 17.7 Å². The number of halogens is 2. The normalized spacial score (nSPS) is 10.6. The van der Waals surface area contributed by atoms with Crippen molar-refractivity contribution >= 4 is 40.9 Å². The van der Waals surface area contributed by atoms with Gasteiger partial charge in [0.2, 0.25) is 0 Å². The Morgan fingerprint density at radius 1 is 1.40 bits per heavy atom. The molecule has 0 heterocycles. The van der Waals surface area contributed by atoms with Crippen LogP contribution in [-0.4, -0.2) is 13.1 Å². The van der Waals surface area contributed by atoms with Gasteiger partial charge in [-0.1, -0.05) is 29.3 Å². The fourth-order valence-corrected chi connectivity index (χ4v) is 1.34. The number of carbonyl (C=O) groups is 1. The van der Waals surface area contributed by atoms with E-state index < -0.39 is 5.97 Å². The number of nitrogens with two attached hydrogens (primary N) is 1. The Labute approximate surface area is 97.4 Å². The Morgan fingerprint density at radius 3 is 2.67 bits per heavy atom. The maximum absolute atomic E-state index is 10.8. The van der Waals surface area contributed by atoms with Crippen molar-refractivity contribution in [1.82, 2.24) is 0 Å². The van der Waals surface area contributed by atoms with Gasteiger partial charge in [-0.2, -0.15) is 0 Å². The molecule has 0 amide bonds. The first-order valence-electron chi connectivity index (χ1n) is 4.05. The molecule has 0 unspecified atom stereocenters. The quantitative estimate of drug-likeness (QED) is 0.496. The van der Waals surface area contributed by atoms with Gasteiger partial charge in [0.25, 0.3) is 0 Å². The number of hydrogen-bond acceptors (Lipinski definition) is 3. The van der Waals surface area contributed by atoms with E-state index in [0.29, 0.717) is 16.3 Å². The number of anilines is 1. The third-order valence-electron chi connectivity index (χ3n) is 1.74. The van der Waals surface area contributed by atoms with E-state index in [1.54, 1.807) is 12.1 Å². The van der Waals surface area contributed by atoms with Gasteiger partial charge in [-0.25, -0.2) is 4.79 Å². The second-order valence-corrected chi connectivity index (χ2v) is 3.48. The number of rotatable bonds is 2. The molecule has 5 heteroatoms. The number of hydrogen-bond donors (Lipinski definition) is 1. The van der Waals surface area contributed by atoms with Crippen molar-refractivity contribution in [2.75, 3.05) is 12.8 Å². The van der Waals surface area contributed by atoms with Gasteiger partial charge in [0.1, 0.15) is 0 Å². The first-order valence-corrected chi connectivity index (χ1v) is 4.81. The summed E-state index contributed by atoms with van der Waals surface area (Å²) in [6.45, 7) is 0. The van der Waals surface area contributed by atoms with Crippen LogP contribution in [0.15, 0.2) is 18.2 Å². The molecule has 0 spiro atoms. The van der Waals surface area contributed by atoms with Crippen LogP contribution in [0.25, 0.3) is 6.08 Å². The summed E-state index contributed by atoms with van der Waals surface area (Å²) in [5.74, 6) is -0.459. The third kappa shape index (κ3) is 2.88. The number of esters is 1. The highest BCUT2D eigenvalue weighted by Crippen LogP contribution is 2.31. The van der Waals surface area contributed by atoms with Crippen molar-refractivity contribution in [2.45, 2.75) is 0 Å². The molecule has 0 aliphatic heterocycles. The van der Waals surface area contributed by atoms with Gasteiger partial charge < -0.3 is 10.5 Å². The van der Waals surface area contributed by atoms with Crippen molar-refractivity contribution in [3.05, 3.63) is 33.8 Å². The predicted octanol–water partition coefficient (Wildman–Crippen LogP) is 2.76.